The summed E-state index contributed by atoms with van der Waals surface area (Å²) in [6.07, 6.45) is 4.76. The Morgan fingerprint density at radius 2 is 1.50 bits per heavy atom. The molecular formula is C30H33ClN2O2S. The lowest BCUT2D eigenvalue weighted by molar-refractivity contribution is -0.139. The summed E-state index contributed by atoms with van der Waals surface area (Å²) in [6, 6.07) is 27.2. The fraction of sp³-hybridized carbons (Fsp3) is 0.333. The quantitative estimate of drug-likeness (QED) is 0.324. The molecule has 0 aromatic heterocycles. The molecule has 0 heterocycles. The van der Waals surface area contributed by atoms with E-state index in [0.717, 1.165) is 42.4 Å². The van der Waals surface area contributed by atoms with E-state index >= 15 is 0 Å². The number of carbonyl (C=O) groups excluding carboxylic acids is 2. The Hall–Kier alpha value is -2.76. The Kier molecular flexibility index (Phi) is 9.88. The van der Waals surface area contributed by atoms with Crippen molar-refractivity contribution in [2.24, 2.45) is 0 Å². The van der Waals surface area contributed by atoms with Crippen molar-refractivity contribution in [3.8, 4) is 0 Å². The Morgan fingerprint density at radius 1 is 0.889 bits per heavy atom. The van der Waals surface area contributed by atoms with Gasteiger partial charge in [0.1, 0.15) is 6.04 Å². The summed E-state index contributed by atoms with van der Waals surface area (Å²) < 4.78 is 0. The topological polar surface area (TPSA) is 49.4 Å². The maximum absolute atomic E-state index is 13.7. The summed E-state index contributed by atoms with van der Waals surface area (Å²) in [6.45, 7) is 0.391. The second-order valence-electron chi connectivity index (χ2n) is 9.29. The molecule has 6 heteroatoms. The lowest BCUT2D eigenvalue weighted by Gasteiger charge is -2.32. The number of amides is 2. The van der Waals surface area contributed by atoms with Crippen molar-refractivity contribution in [1.82, 2.24) is 10.2 Å². The first-order valence-electron chi connectivity index (χ1n) is 12.6. The maximum atomic E-state index is 13.7. The first-order chi connectivity index (χ1) is 17.6. The van der Waals surface area contributed by atoms with E-state index in [-0.39, 0.29) is 23.6 Å². The molecule has 1 unspecified atom stereocenters. The van der Waals surface area contributed by atoms with Gasteiger partial charge in [-0.2, -0.15) is 0 Å². The second kappa shape index (κ2) is 13.5. The van der Waals surface area contributed by atoms with Gasteiger partial charge in [-0.15, -0.1) is 11.8 Å². The normalized spacial score (nSPS) is 14.4. The van der Waals surface area contributed by atoms with Crippen molar-refractivity contribution in [2.75, 3.05) is 5.75 Å². The SMILES string of the molecule is O=C(NC1CCCC1)C(Cc1ccccc1)N(Cc1ccccc1)C(=O)CSCc1ccccc1Cl. The van der Waals surface area contributed by atoms with Crippen molar-refractivity contribution in [1.29, 1.82) is 0 Å². The second-order valence-corrected chi connectivity index (χ2v) is 10.7. The van der Waals surface area contributed by atoms with Crippen LogP contribution in [0.1, 0.15) is 42.4 Å². The van der Waals surface area contributed by atoms with E-state index in [1.165, 1.54) is 11.8 Å². The average molecular weight is 521 g/mol. The third-order valence-electron chi connectivity index (χ3n) is 6.61. The summed E-state index contributed by atoms with van der Waals surface area (Å²) in [7, 11) is 0. The molecule has 3 aromatic carbocycles. The van der Waals surface area contributed by atoms with E-state index in [1.54, 1.807) is 4.90 Å². The molecule has 0 saturated heterocycles. The van der Waals surface area contributed by atoms with Crippen LogP contribution in [0.5, 0.6) is 0 Å². The van der Waals surface area contributed by atoms with Gasteiger partial charge in [0, 0.05) is 29.8 Å². The largest absolute Gasteiger partial charge is 0.352 e. The van der Waals surface area contributed by atoms with Crippen LogP contribution in [-0.4, -0.2) is 34.6 Å². The highest BCUT2D eigenvalue weighted by atomic mass is 35.5. The lowest BCUT2D eigenvalue weighted by atomic mass is 10.0. The smallest absolute Gasteiger partial charge is 0.243 e. The zero-order valence-electron chi connectivity index (χ0n) is 20.4. The van der Waals surface area contributed by atoms with Gasteiger partial charge in [-0.25, -0.2) is 0 Å². The Balaban J connectivity index is 1.55. The van der Waals surface area contributed by atoms with Gasteiger partial charge in [0.05, 0.1) is 5.75 Å². The predicted octanol–water partition coefficient (Wildman–Crippen LogP) is 6.27. The van der Waals surface area contributed by atoms with Crippen LogP contribution in [0.25, 0.3) is 0 Å². The first kappa shape index (κ1) is 26.3. The number of carbonyl (C=O) groups is 2. The molecule has 0 spiro atoms. The molecule has 0 aliphatic heterocycles. The van der Waals surface area contributed by atoms with Crippen molar-refractivity contribution >= 4 is 35.2 Å². The van der Waals surface area contributed by atoms with Gasteiger partial charge < -0.3 is 10.2 Å². The van der Waals surface area contributed by atoms with E-state index in [4.69, 9.17) is 11.6 Å². The van der Waals surface area contributed by atoms with Crippen molar-refractivity contribution < 1.29 is 9.59 Å². The van der Waals surface area contributed by atoms with Gasteiger partial charge in [-0.1, -0.05) is 103 Å². The maximum Gasteiger partial charge on any atom is 0.243 e. The molecule has 1 N–H and O–H groups in total. The summed E-state index contributed by atoms with van der Waals surface area (Å²) in [4.78, 5) is 29.1. The monoisotopic (exact) mass is 520 g/mol. The number of hydrogen-bond acceptors (Lipinski definition) is 3. The standard InChI is InChI=1S/C30H33ClN2O2S/c31-27-18-10-7-15-25(27)21-36-22-29(34)33(20-24-13-5-2-6-14-24)28(19-23-11-3-1-4-12-23)30(35)32-26-16-8-9-17-26/h1-7,10-15,18,26,28H,8-9,16-17,19-22H2,(H,32,35). The number of thioether (sulfide) groups is 1. The fourth-order valence-electron chi connectivity index (χ4n) is 4.65. The summed E-state index contributed by atoms with van der Waals surface area (Å²) >= 11 is 7.84. The minimum Gasteiger partial charge on any atom is -0.352 e. The van der Waals surface area contributed by atoms with Crippen LogP contribution >= 0.6 is 23.4 Å². The first-order valence-corrected chi connectivity index (χ1v) is 14.1. The Bertz CT molecular complexity index is 1120. The number of hydrogen-bond donors (Lipinski definition) is 1. The van der Waals surface area contributed by atoms with Crippen molar-refractivity contribution in [2.45, 2.75) is 56.5 Å². The highest BCUT2D eigenvalue weighted by Crippen LogP contribution is 2.23. The Morgan fingerprint density at radius 3 is 2.17 bits per heavy atom. The molecular weight excluding hydrogens is 488 g/mol. The third-order valence-corrected chi connectivity index (χ3v) is 7.94. The average Bonchev–Trinajstić information content (AvgIpc) is 3.41. The molecule has 1 fully saturated rings. The third kappa shape index (κ3) is 7.62. The molecule has 188 valence electrons. The number of halogens is 1. The van der Waals surface area contributed by atoms with E-state index in [0.29, 0.717) is 23.7 Å². The van der Waals surface area contributed by atoms with Crippen molar-refractivity contribution in [3.63, 3.8) is 0 Å². The zero-order chi connectivity index (χ0) is 25.2. The molecule has 0 radical (unpaired) electrons. The molecule has 1 atom stereocenters. The molecule has 3 aromatic rings. The van der Waals surface area contributed by atoms with E-state index < -0.39 is 6.04 Å². The fourth-order valence-corrected chi connectivity index (χ4v) is 5.84. The van der Waals surface area contributed by atoms with Gasteiger partial charge in [0.2, 0.25) is 11.8 Å². The molecule has 36 heavy (non-hydrogen) atoms. The van der Waals surface area contributed by atoms with Gasteiger partial charge in [-0.05, 0) is 35.6 Å². The summed E-state index contributed by atoms with van der Waals surface area (Å²) in [5.41, 5.74) is 3.05. The van der Waals surface area contributed by atoms with Crippen LogP contribution in [0.2, 0.25) is 5.02 Å². The number of nitrogens with zero attached hydrogens (tertiary/aromatic N) is 1. The zero-order valence-corrected chi connectivity index (χ0v) is 22.0. The van der Waals surface area contributed by atoms with Gasteiger partial charge in [0.25, 0.3) is 0 Å². The molecule has 4 rings (SSSR count). The van der Waals surface area contributed by atoms with E-state index in [9.17, 15) is 9.59 Å². The molecule has 1 aliphatic carbocycles. The predicted molar refractivity (Wildman–Crippen MR) is 149 cm³/mol. The van der Waals surface area contributed by atoms with Gasteiger partial charge in [0.15, 0.2) is 0 Å². The molecule has 4 nitrogen and oxygen atoms in total. The number of nitrogens with one attached hydrogen (secondary N) is 1. The van der Waals surface area contributed by atoms with E-state index in [1.807, 2.05) is 84.9 Å². The van der Waals surface area contributed by atoms with E-state index in [2.05, 4.69) is 5.32 Å². The molecule has 1 saturated carbocycles. The number of rotatable bonds is 11. The summed E-state index contributed by atoms with van der Waals surface area (Å²) in [5, 5.41) is 3.96. The molecule has 1 aliphatic rings. The van der Waals surface area contributed by atoms with Crippen LogP contribution in [0.4, 0.5) is 0 Å². The minimum absolute atomic E-state index is 0.0431. The van der Waals surface area contributed by atoms with Gasteiger partial charge >= 0.3 is 0 Å². The lowest BCUT2D eigenvalue weighted by Crippen LogP contribution is -2.52. The van der Waals surface area contributed by atoms with Crippen LogP contribution in [0.3, 0.4) is 0 Å². The van der Waals surface area contributed by atoms with Crippen LogP contribution < -0.4 is 5.32 Å². The van der Waals surface area contributed by atoms with Crippen LogP contribution in [0, 0.1) is 0 Å². The highest BCUT2D eigenvalue weighted by Gasteiger charge is 2.32. The molecule has 2 amide bonds. The highest BCUT2D eigenvalue weighted by molar-refractivity contribution is 7.99. The van der Waals surface area contributed by atoms with Crippen LogP contribution in [-0.2, 0) is 28.3 Å². The summed E-state index contributed by atoms with van der Waals surface area (Å²) in [5.74, 6) is 0.812. The Labute approximate surface area is 223 Å². The minimum atomic E-state index is -0.582. The van der Waals surface area contributed by atoms with Crippen molar-refractivity contribution in [3.05, 3.63) is 107 Å². The van der Waals surface area contributed by atoms with Crippen LogP contribution in [0.15, 0.2) is 84.9 Å². The number of benzene rings is 3. The van der Waals surface area contributed by atoms with Gasteiger partial charge in [-0.3, -0.25) is 9.59 Å². The molecule has 0 bridgehead atoms.